The van der Waals surface area contributed by atoms with Gasteiger partial charge in [0.25, 0.3) is 0 Å². The third-order valence-corrected chi connectivity index (χ3v) is 4.59. The zero-order valence-corrected chi connectivity index (χ0v) is 11.1. The number of nitrogens with two attached hydrogens (primary N) is 1. The van der Waals surface area contributed by atoms with Gasteiger partial charge in [-0.05, 0) is 33.2 Å². The van der Waals surface area contributed by atoms with Crippen molar-refractivity contribution in [3.05, 3.63) is 10.6 Å². The van der Waals surface area contributed by atoms with Gasteiger partial charge < -0.3 is 5.73 Å². The van der Waals surface area contributed by atoms with Gasteiger partial charge in [-0.3, -0.25) is 4.72 Å². The lowest BCUT2D eigenvalue weighted by atomic mass is 10.3. The molecular formula is C9H17N3O2S2. The van der Waals surface area contributed by atoms with Gasteiger partial charge in [0.15, 0.2) is 5.13 Å². The number of unbranched alkanes of at least 4 members (excludes halogenated alkanes) is 1. The molecule has 0 aromatic carbocycles. The van der Waals surface area contributed by atoms with E-state index in [1.54, 1.807) is 0 Å². The fraction of sp³-hybridized carbons (Fsp3) is 0.667. The molecule has 0 atom stereocenters. The Morgan fingerprint density at radius 1 is 1.38 bits per heavy atom. The molecule has 16 heavy (non-hydrogen) atoms. The first-order valence-electron chi connectivity index (χ1n) is 5.09. The number of thiazole rings is 1. The van der Waals surface area contributed by atoms with Crippen molar-refractivity contribution in [2.75, 3.05) is 17.0 Å². The van der Waals surface area contributed by atoms with Crippen LogP contribution in [-0.2, 0) is 10.0 Å². The topological polar surface area (TPSA) is 85.1 Å². The molecular weight excluding hydrogens is 246 g/mol. The van der Waals surface area contributed by atoms with Crippen molar-refractivity contribution in [2.24, 2.45) is 5.73 Å². The normalized spacial score (nSPS) is 11.7. The van der Waals surface area contributed by atoms with Crippen LogP contribution in [0.5, 0.6) is 0 Å². The summed E-state index contributed by atoms with van der Waals surface area (Å²) in [5, 5.41) is 0.447. The van der Waals surface area contributed by atoms with Gasteiger partial charge in [-0.1, -0.05) is 0 Å². The van der Waals surface area contributed by atoms with Crippen molar-refractivity contribution in [2.45, 2.75) is 26.7 Å². The Morgan fingerprint density at radius 2 is 2.06 bits per heavy atom. The summed E-state index contributed by atoms with van der Waals surface area (Å²) < 4.78 is 25.7. The maximum atomic E-state index is 11.6. The Morgan fingerprint density at radius 3 is 2.56 bits per heavy atom. The first-order valence-corrected chi connectivity index (χ1v) is 7.56. The number of rotatable bonds is 6. The summed E-state index contributed by atoms with van der Waals surface area (Å²) in [5.74, 6) is 0.0991. The molecule has 0 spiro atoms. The Bertz CT molecular complexity index is 420. The Balaban J connectivity index is 2.58. The highest BCUT2D eigenvalue weighted by molar-refractivity contribution is 7.92. The Kier molecular flexibility index (Phi) is 4.69. The predicted molar refractivity (Wildman–Crippen MR) is 67.3 cm³/mol. The maximum absolute atomic E-state index is 11.6. The Hall–Kier alpha value is -0.660. The monoisotopic (exact) mass is 263 g/mol. The van der Waals surface area contributed by atoms with Gasteiger partial charge in [0.2, 0.25) is 10.0 Å². The lowest BCUT2D eigenvalue weighted by molar-refractivity contribution is 0.597. The van der Waals surface area contributed by atoms with Gasteiger partial charge in [0, 0.05) is 4.88 Å². The van der Waals surface area contributed by atoms with Gasteiger partial charge in [0.1, 0.15) is 0 Å². The van der Waals surface area contributed by atoms with Crippen LogP contribution >= 0.6 is 11.3 Å². The lowest BCUT2D eigenvalue weighted by Crippen LogP contribution is -2.17. The van der Waals surface area contributed by atoms with Crippen LogP contribution in [-0.4, -0.2) is 25.7 Å². The molecule has 0 radical (unpaired) electrons. The molecule has 1 heterocycles. The van der Waals surface area contributed by atoms with Gasteiger partial charge in [0.05, 0.1) is 11.4 Å². The molecule has 5 nitrogen and oxygen atoms in total. The summed E-state index contributed by atoms with van der Waals surface area (Å²) in [6.45, 7) is 4.29. The number of aryl methyl sites for hydroxylation is 2. The van der Waals surface area contributed by atoms with Crippen LogP contribution in [0.25, 0.3) is 0 Å². The van der Waals surface area contributed by atoms with Crippen molar-refractivity contribution in [1.82, 2.24) is 4.98 Å². The summed E-state index contributed by atoms with van der Waals surface area (Å²) in [6.07, 6.45) is 1.30. The van der Waals surface area contributed by atoms with Crippen molar-refractivity contribution < 1.29 is 8.42 Å². The van der Waals surface area contributed by atoms with Crippen LogP contribution in [0, 0.1) is 13.8 Å². The van der Waals surface area contributed by atoms with Gasteiger partial charge in [-0.2, -0.15) is 0 Å². The largest absolute Gasteiger partial charge is 0.330 e. The summed E-state index contributed by atoms with van der Waals surface area (Å²) in [6, 6.07) is 0. The standard InChI is InChI=1S/C9H17N3O2S2/c1-7-8(2)15-9(11-7)12-16(13,14)6-4-3-5-10/h3-6,10H2,1-2H3,(H,11,12). The van der Waals surface area contributed by atoms with E-state index in [2.05, 4.69) is 9.71 Å². The van der Waals surface area contributed by atoms with Gasteiger partial charge >= 0.3 is 0 Å². The molecule has 1 aromatic rings. The molecule has 0 fully saturated rings. The molecule has 3 N–H and O–H groups in total. The molecule has 0 saturated heterocycles. The molecule has 0 bridgehead atoms. The minimum absolute atomic E-state index is 0.0991. The number of hydrogen-bond donors (Lipinski definition) is 2. The minimum Gasteiger partial charge on any atom is -0.330 e. The zero-order chi connectivity index (χ0) is 12.2. The van der Waals surface area contributed by atoms with Crippen molar-refractivity contribution in [1.29, 1.82) is 0 Å². The molecule has 1 aromatic heterocycles. The van der Waals surface area contributed by atoms with Crippen LogP contribution in [0.15, 0.2) is 0 Å². The summed E-state index contributed by atoms with van der Waals surface area (Å²) in [7, 11) is -3.27. The third kappa shape index (κ3) is 4.07. The number of anilines is 1. The number of hydrogen-bond acceptors (Lipinski definition) is 5. The highest BCUT2D eigenvalue weighted by atomic mass is 32.2. The number of aromatic nitrogens is 1. The van der Waals surface area contributed by atoms with Crippen molar-refractivity contribution in [3.63, 3.8) is 0 Å². The molecule has 7 heteroatoms. The lowest BCUT2D eigenvalue weighted by Gasteiger charge is -2.03. The number of nitrogens with one attached hydrogen (secondary N) is 1. The van der Waals surface area contributed by atoms with E-state index in [1.807, 2.05) is 13.8 Å². The summed E-state index contributed by atoms with van der Waals surface area (Å²) in [5.41, 5.74) is 6.17. The third-order valence-electron chi connectivity index (χ3n) is 2.14. The van der Waals surface area contributed by atoms with Crippen LogP contribution in [0.1, 0.15) is 23.4 Å². The molecule has 0 saturated carbocycles. The quantitative estimate of drug-likeness (QED) is 0.756. The van der Waals surface area contributed by atoms with Crippen LogP contribution in [0.3, 0.4) is 0 Å². The van der Waals surface area contributed by atoms with Crippen LogP contribution < -0.4 is 10.5 Å². The molecule has 0 aliphatic rings. The first kappa shape index (κ1) is 13.4. The average molecular weight is 263 g/mol. The average Bonchev–Trinajstić information content (AvgIpc) is 2.44. The van der Waals surface area contributed by atoms with E-state index in [9.17, 15) is 8.42 Å². The number of sulfonamides is 1. The van der Waals surface area contributed by atoms with E-state index >= 15 is 0 Å². The molecule has 92 valence electrons. The van der Waals surface area contributed by atoms with Crippen molar-refractivity contribution >= 4 is 26.5 Å². The smallest absolute Gasteiger partial charge is 0.234 e. The molecule has 0 unspecified atom stereocenters. The minimum atomic E-state index is -3.27. The second-order valence-electron chi connectivity index (χ2n) is 3.58. The fourth-order valence-electron chi connectivity index (χ4n) is 1.14. The van der Waals surface area contributed by atoms with E-state index < -0.39 is 10.0 Å². The van der Waals surface area contributed by atoms with Crippen molar-refractivity contribution in [3.8, 4) is 0 Å². The van der Waals surface area contributed by atoms with E-state index in [1.165, 1.54) is 11.3 Å². The van der Waals surface area contributed by atoms with E-state index in [-0.39, 0.29) is 5.75 Å². The van der Waals surface area contributed by atoms with E-state index in [4.69, 9.17) is 5.73 Å². The van der Waals surface area contributed by atoms with E-state index in [0.29, 0.717) is 18.1 Å². The number of nitrogens with zero attached hydrogens (tertiary/aromatic N) is 1. The maximum Gasteiger partial charge on any atom is 0.234 e. The SMILES string of the molecule is Cc1nc(NS(=O)(=O)CCCCN)sc1C. The van der Waals surface area contributed by atoms with Gasteiger partial charge in [-0.15, -0.1) is 11.3 Å². The predicted octanol–water partition coefficient (Wildman–Crippen LogP) is 1.24. The van der Waals surface area contributed by atoms with Crippen LogP contribution in [0.4, 0.5) is 5.13 Å². The fourth-order valence-corrected chi connectivity index (χ4v) is 3.35. The first-order chi connectivity index (χ1) is 7.44. The van der Waals surface area contributed by atoms with Gasteiger partial charge in [-0.25, -0.2) is 13.4 Å². The van der Waals surface area contributed by atoms with E-state index in [0.717, 1.165) is 17.0 Å². The second kappa shape index (κ2) is 5.60. The summed E-state index contributed by atoms with van der Waals surface area (Å²) >= 11 is 1.35. The molecule has 0 aliphatic carbocycles. The molecule has 1 rings (SSSR count). The zero-order valence-electron chi connectivity index (χ0n) is 9.49. The second-order valence-corrected chi connectivity index (χ2v) is 6.62. The molecule has 0 aliphatic heterocycles. The highest BCUT2D eigenvalue weighted by Gasteiger charge is 2.13. The highest BCUT2D eigenvalue weighted by Crippen LogP contribution is 2.22. The molecule has 0 amide bonds. The van der Waals surface area contributed by atoms with Crippen LogP contribution in [0.2, 0.25) is 0 Å². The Labute approximate surface area is 100 Å². The summed E-state index contributed by atoms with van der Waals surface area (Å²) in [4.78, 5) is 5.15.